The highest BCUT2D eigenvalue weighted by atomic mass is 19.4. The van der Waals surface area contributed by atoms with Gasteiger partial charge < -0.3 is 15.1 Å². The lowest BCUT2D eigenvalue weighted by atomic mass is 10.1. The molecule has 1 aromatic heterocycles. The monoisotopic (exact) mass is 457 g/mol. The molecule has 2 aromatic carbocycles. The number of alkyl halides is 3. The van der Waals surface area contributed by atoms with Crippen LogP contribution < -0.4 is 10.2 Å². The summed E-state index contributed by atoms with van der Waals surface area (Å²) in [6.07, 6.45) is -2.29. The molecule has 9 heteroatoms. The number of anilines is 1. The summed E-state index contributed by atoms with van der Waals surface area (Å²) in [5.74, 6) is -1.20. The van der Waals surface area contributed by atoms with Crippen molar-refractivity contribution in [2.24, 2.45) is 0 Å². The second-order valence-corrected chi connectivity index (χ2v) is 8.31. The Morgan fingerprint density at radius 2 is 1.94 bits per heavy atom. The third-order valence-corrected chi connectivity index (χ3v) is 6.14. The Bertz CT molecular complexity index is 1140. The summed E-state index contributed by atoms with van der Waals surface area (Å²) < 4.78 is 37.6. The Balaban J connectivity index is 1.40. The summed E-state index contributed by atoms with van der Waals surface area (Å²) in [7, 11) is 1.16. The van der Waals surface area contributed by atoms with E-state index in [0.29, 0.717) is 10.8 Å². The summed E-state index contributed by atoms with van der Waals surface area (Å²) in [6.45, 7) is 3.04. The predicted octanol–water partition coefficient (Wildman–Crippen LogP) is 3.87. The molecule has 0 saturated carbocycles. The molecule has 33 heavy (non-hydrogen) atoms. The minimum Gasteiger partial charge on any atom is -0.337 e. The van der Waals surface area contributed by atoms with Crippen LogP contribution in [0, 0.1) is 0 Å². The van der Waals surface area contributed by atoms with E-state index in [1.54, 1.807) is 6.20 Å². The van der Waals surface area contributed by atoms with Gasteiger partial charge >= 0.3 is 12.1 Å². The fraction of sp³-hybridized carbons (Fsp3) is 0.375. The van der Waals surface area contributed by atoms with Crippen LogP contribution >= 0.6 is 0 Å². The lowest BCUT2D eigenvalue weighted by molar-refractivity contribution is -0.183. The fourth-order valence-electron chi connectivity index (χ4n) is 4.23. The molecule has 0 radical (unpaired) electrons. The van der Waals surface area contributed by atoms with E-state index in [2.05, 4.69) is 39.5 Å². The molecule has 2 atom stereocenters. The molecule has 1 aliphatic rings. The van der Waals surface area contributed by atoms with Gasteiger partial charge in [-0.25, -0.2) is 9.97 Å². The van der Waals surface area contributed by atoms with Crippen molar-refractivity contribution in [1.82, 2.24) is 20.2 Å². The lowest BCUT2D eigenvalue weighted by Gasteiger charge is -2.26. The minimum absolute atomic E-state index is 0.0183. The van der Waals surface area contributed by atoms with Crippen molar-refractivity contribution in [3.05, 3.63) is 54.7 Å². The quantitative estimate of drug-likeness (QED) is 0.609. The van der Waals surface area contributed by atoms with Crippen LogP contribution in [-0.4, -0.2) is 65.7 Å². The van der Waals surface area contributed by atoms with E-state index in [4.69, 9.17) is 4.98 Å². The number of aromatic nitrogens is 2. The van der Waals surface area contributed by atoms with E-state index in [0.717, 1.165) is 36.7 Å². The third-order valence-electron chi connectivity index (χ3n) is 6.14. The van der Waals surface area contributed by atoms with Crippen LogP contribution in [0.15, 0.2) is 54.7 Å². The number of nitrogens with one attached hydrogen (secondary N) is 1. The van der Waals surface area contributed by atoms with Gasteiger partial charge in [-0.05, 0) is 36.2 Å². The number of halogens is 3. The van der Waals surface area contributed by atoms with E-state index in [-0.39, 0.29) is 25.2 Å². The molecule has 0 spiro atoms. The van der Waals surface area contributed by atoms with Crippen molar-refractivity contribution in [2.75, 3.05) is 31.6 Å². The highest BCUT2D eigenvalue weighted by Crippen LogP contribution is 2.27. The topological polar surface area (TPSA) is 61.4 Å². The number of fused-ring (bicyclic) bond motifs is 1. The van der Waals surface area contributed by atoms with Crippen LogP contribution in [0.4, 0.5) is 19.1 Å². The first-order chi connectivity index (χ1) is 15.7. The van der Waals surface area contributed by atoms with Gasteiger partial charge in [0.15, 0.2) is 0 Å². The molecule has 0 aliphatic carbocycles. The summed E-state index contributed by atoms with van der Waals surface area (Å²) in [4.78, 5) is 23.3. The molecule has 1 amide bonds. The normalized spacial score (nSPS) is 18.6. The molecular weight excluding hydrogens is 431 g/mol. The number of rotatable bonds is 6. The van der Waals surface area contributed by atoms with Gasteiger partial charge in [-0.2, -0.15) is 13.2 Å². The second-order valence-electron chi connectivity index (χ2n) is 8.31. The van der Waals surface area contributed by atoms with Gasteiger partial charge in [0.1, 0.15) is 0 Å². The van der Waals surface area contributed by atoms with Crippen LogP contribution in [0.3, 0.4) is 0 Å². The molecule has 1 N–H and O–H groups in total. The van der Waals surface area contributed by atoms with E-state index >= 15 is 0 Å². The van der Waals surface area contributed by atoms with Crippen molar-refractivity contribution in [2.45, 2.75) is 31.6 Å². The SMILES string of the molecule is CC1[C@H](NCCN(C)C(=O)C(F)(F)F)CCN1c1nccc(-c2ccc3ccccc3c2)n1. The molecule has 174 valence electrons. The Labute approximate surface area is 190 Å². The molecule has 1 fully saturated rings. The summed E-state index contributed by atoms with van der Waals surface area (Å²) in [5, 5.41) is 5.58. The maximum Gasteiger partial charge on any atom is 0.471 e. The predicted molar refractivity (Wildman–Crippen MR) is 122 cm³/mol. The number of carbonyl (C=O) groups excluding carboxylic acids is 1. The van der Waals surface area contributed by atoms with Gasteiger partial charge in [0.05, 0.1) is 5.69 Å². The average molecular weight is 458 g/mol. The lowest BCUT2D eigenvalue weighted by Crippen LogP contribution is -2.46. The maximum atomic E-state index is 12.5. The van der Waals surface area contributed by atoms with E-state index in [9.17, 15) is 18.0 Å². The molecule has 1 unspecified atom stereocenters. The highest BCUT2D eigenvalue weighted by Gasteiger charge is 2.41. The number of likely N-dealkylation sites (N-methyl/N-ethyl adjacent to an activating group) is 1. The van der Waals surface area contributed by atoms with Crippen molar-refractivity contribution < 1.29 is 18.0 Å². The first kappa shape index (κ1) is 23.0. The number of hydrogen-bond acceptors (Lipinski definition) is 5. The van der Waals surface area contributed by atoms with Crippen molar-refractivity contribution in [3.8, 4) is 11.3 Å². The zero-order valence-corrected chi connectivity index (χ0v) is 18.5. The number of nitrogens with zero attached hydrogens (tertiary/aromatic N) is 4. The molecule has 3 aromatic rings. The summed E-state index contributed by atoms with van der Waals surface area (Å²) >= 11 is 0. The molecule has 1 aliphatic heterocycles. The van der Waals surface area contributed by atoms with E-state index in [1.165, 1.54) is 5.39 Å². The summed E-state index contributed by atoms with van der Waals surface area (Å²) in [6, 6.07) is 16.4. The largest absolute Gasteiger partial charge is 0.471 e. The van der Waals surface area contributed by atoms with Crippen LogP contribution in [0.25, 0.3) is 22.0 Å². The van der Waals surface area contributed by atoms with Gasteiger partial charge in [0.25, 0.3) is 0 Å². The zero-order chi connectivity index (χ0) is 23.6. The first-order valence-corrected chi connectivity index (χ1v) is 10.9. The van der Waals surface area contributed by atoms with Crippen LogP contribution in [0.2, 0.25) is 0 Å². The maximum absolute atomic E-state index is 12.5. The average Bonchev–Trinajstić information content (AvgIpc) is 3.17. The number of carbonyl (C=O) groups is 1. The molecule has 2 heterocycles. The molecule has 6 nitrogen and oxygen atoms in total. The van der Waals surface area contributed by atoms with Crippen molar-refractivity contribution in [1.29, 1.82) is 0 Å². The van der Waals surface area contributed by atoms with Crippen LogP contribution in [-0.2, 0) is 4.79 Å². The van der Waals surface area contributed by atoms with Crippen LogP contribution in [0.1, 0.15) is 13.3 Å². The highest BCUT2D eigenvalue weighted by molar-refractivity contribution is 5.86. The van der Waals surface area contributed by atoms with Gasteiger partial charge in [-0.3, -0.25) is 4.79 Å². The number of hydrogen-bond donors (Lipinski definition) is 1. The van der Waals surface area contributed by atoms with Gasteiger partial charge in [0, 0.05) is 50.5 Å². The number of amides is 1. The minimum atomic E-state index is -4.85. The Morgan fingerprint density at radius 3 is 2.70 bits per heavy atom. The first-order valence-electron chi connectivity index (χ1n) is 10.9. The number of benzene rings is 2. The summed E-state index contributed by atoms with van der Waals surface area (Å²) in [5.41, 5.74) is 1.85. The van der Waals surface area contributed by atoms with E-state index in [1.807, 2.05) is 31.2 Å². The molecule has 1 saturated heterocycles. The Morgan fingerprint density at radius 1 is 1.18 bits per heavy atom. The fourth-order valence-corrected chi connectivity index (χ4v) is 4.23. The smallest absolute Gasteiger partial charge is 0.337 e. The molecule has 4 rings (SSSR count). The van der Waals surface area contributed by atoms with Gasteiger partial charge in [-0.1, -0.05) is 36.4 Å². The standard InChI is InChI=1S/C24H26F3N5O/c1-16-20(28-12-14-31(2)22(33)24(25,26)27)10-13-32(16)23-29-11-9-21(30-23)19-8-7-17-5-3-4-6-18(17)15-19/h3-9,11,15-16,20,28H,10,12-14H2,1-2H3/t16?,20-/m1/s1. The second kappa shape index (κ2) is 9.35. The molecular formula is C24H26F3N5O. The Hall–Kier alpha value is -3.20. The van der Waals surface area contributed by atoms with Gasteiger partial charge in [-0.15, -0.1) is 0 Å². The van der Waals surface area contributed by atoms with Crippen molar-refractivity contribution in [3.63, 3.8) is 0 Å². The van der Waals surface area contributed by atoms with E-state index < -0.39 is 12.1 Å². The van der Waals surface area contributed by atoms with Crippen molar-refractivity contribution >= 4 is 22.6 Å². The Kier molecular flexibility index (Phi) is 6.51. The third kappa shape index (κ3) is 5.08. The molecule has 0 bridgehead atoms. The van der Waals surface area contributed by atoms with Gasteiger partial charge in [0.2, 0.25) is 5.95 Å². The van der Waals surface area contributed by atoms with Crippen LogP contribution in [0.5, 0.6) is 0 Å². The zero-order valence-electron chi connectivity index (χ0n) is 18.5.